The third-order valence-electron chi connectivity index (χ3n) is 4.44. The van der Waals surface area contributed by atoms with E-state index in [9.17, 15) is 19.2 Å². The lowest BCUT2D eigenvalue weighted by Crippen LogP contribution is -2.59. The molecule has 0 saturated carbocycles. The number of carbonyl (C=O) groups excluding carboxylic acids is 4. The van der Waals surface area contributed by atoms with Crippen LogP contribution in [0.15, 0.2) is 24.3 Å². The minimum absolute atomic E-state index is 0.273. The fraction of sp³-hybridized carbons (Fsp3) is 0.524. The Balaban J connectivity index is 2.51. The van der Waals surface area contributed by atoms with Crippen molar-refractivity contribution in [3.05, 3.63) is 29.8 Å². The second-order valence-electron chi connectivity index (χ2n) is 6.89. The van der Waals surface area contributed by atoms with Gasteiger partial charge in [-0.25, -0.2) is 0 Å². The van der Waals surface area contributed by atoms with Crippen LogP contribution in [-0.4, -0.2) is 62.0 Å². The molecule has 1 unspecified atom stereocenters. The molecule has 0 aromatic heterocycles. The van der Waals surface area contributed by atoms with E-state index in [1.165, 1.54) is 34.8 Å². The predicted octanol–water partition coefficient (Wildman–Crippen LogP) is 1.49. The average Bonchev–Trinajstić information content (AvgIpc) is 2.68. The van der Waals surface area contributed by atoms with Gasteiger partial charge in [-0.15, -0.1) is 0 Å². The first kappa shape index (κ1) is 24.1. The van der Waals surface area contributed by atoms with Gasteiger partial charge in [0.2, 0.25) is 0 Å². The van der Waals surface area contributed by atoms with Crippen molar-refractivity contribution in [2.45, 2.75) is 58.2 Å². The molecule has 1 heterocycles. The monoisotopic (exact) mass is 438 g/mol. The second kappa shape index (κ2) is 10.8. The van der Waals surface area contributed by atoms with Gasteiger partial charge in [-0.2, -0.15) is 0 Å². The van der Waals surface area contributed by atoms with Crippen molar-refractivity contribution in [1.29, 1.82) is 0 Å². The van der Waals surface area contributed by atoms with E-state index in [1.54, 1.807) is 24.3 Å². The molecule has 2 rings (SSSR count). The zero-order valence-corrected chi connectivity index (χ0v) is 18.0. The summed E-state index contributed by atoms with van der Waals surface area (Å²) in [6.07, 6.45) is -5.42. The SMILES string of the molecule is COc1ccc(C2O[C@H](COC(C)=O)[C@@H](OC(C)=O)[C@H](OC(C)=O)[C@H]2OC(C)=O)cc1. The fourth-order valence-electron chi connectivity index (χ4n) is 3.29. The van der Waals surface area contributed by atoms with Crippen LogP contribution in [0.25, 0.3) is 0 Å². The summed E-state index contributed by atoms with van der Waals surface area (Å²) >= 11 is 0. The first-order chi connectivity index (χ1) is 14.6. The van der Waals surface area contributed by atoms with Crippen LogP contribution >= 0.6 is 0 Å². The van der Waals surface area contributed by atoms with Crippen molar-refractivity contribution in [3.8, 4) is 5.75 Å². The number of benzene rings is 1. The number of hydrogen-bond acceptors (Lipinski definition) is 10. The minimum atomic E-state index is -1.20. The highest BCUT2D eigenvalue weighted by Gasteiger charge is 2.52. The zero-order valence-electron chi connectivity index (χ0n) is 18.0. The highest BCUT2D eigenvalue weighted by Crippen LogP contribution is 2.38. The zero-order chi connectivity index (χ0) is 23.1. The Kier molecular flexibility index (Phi) is 8.38. The van der Waals surface area contributed by atoms with Crippen molar-refractivity contribution >= 4 is 23.9 Å². The molecule has 1 aromatic carbocycles. The van der Waals surface area contributed by atoms with Crippen molar-refractivity contribution in [2.75, 3.05) is 13.7 Å². The second-order valence-corrected chi connectivity index (χ2v) is 6.89. The highest BCUT2D eigenvalue weighted by molar-refractivity contribution is 5.68. The summed E-state index contributed by atoms with van der Waals surface area (Å²) in [6.45, 7) is 4.49. The maximum Gasteiger partial charge on any atom is 0.303 e. The van der Waals surface area contributed by atoms with Crippen LogP contribution in [0.4, 0.5) is 0 Å². The van der Waals surface area contributed by atoms with E-state index in [0.29, 0.717) is 11.3 Å². The highest BCUT2D eigenvalue weighted by atomic mass is 16.7. The van der Waals surface area contributed by atoms with Gasteiger partial charge in [0.15, 0.2) is 18.3 Å². The van der Waals surface area contributed by atoms with Gasteiger partial charge in [-0.3, -0.25) is 19.2 Å². The van der Waals surface area contributed by atoms with Crippen molar-refractivity contribution < 1.29 is 47.6 Å². The molecule has 0 N–H and O–H groups in total. The summed E-state index contributed by atoms with van der Waals surface area (Å²) in [4.78, 5) is 46.7. The lowest BCUT2D eigenvalue weighted by molar-refractivity contribution is -0.254. The molecule has 170 valence electrons. The van der Waals surface area contributed by atoms with Gasteiger partial charge in [-0.1, -0.05) is 12.1 Å². The van der Waals surface area contributed by atoms with Crippen LogP contribution in [0.5, 0.6) is 5.75 Å². The van der Waals surface area contributed by atoms with Gasteiger partial charge in [0.05, 0.1) is 7.11 Å². The first-order valence-electron chi connectivity index (χ1n) is 9.56. The summed E-state index contributed by atoms with van der Waals surface area (Å²) < 4.78 is 32.5. The van der Waals surface area contributed by atoms with Crippen molar-refractivity contribution in [1.82, 2.24) is 0 Å². The van der Waals surface area contributed by atoms with Crippen LogP contribution in [0.3, 0.4) is 0 Å². The Labute approximate surface area is 179 Å². The molecule has 0 radical (unpaired) electrons. The van der Waals surface area contributed by atoms with Gasteiger partial charge < -0.3 is 28.4 Å². The Morgan fingerprint density at radius 1 is 0.774 bits per heavy atom. The molecule has 1 aromatic rings. The Morgan fingerprint density at radius 2 is 1.29 bits per heavy atom. The van der Waals surface area contributed by atoms with E-state index in [0.717, 1.165) is 0 Å². The summed E-state index contributed by atoms with van der Waals surface area (Å²) in [6, 6.07) is 6.76. The van der Waals surface area contributed by atoms with E-state index in [-0.39, 0.29) is 6.61 Å². The Bertz CT molecular complexity index is 803. The fourth-order valence-corrected chi connectivity index (χ4v) is 3.29. The van der Waals surface area contributed by atoms with Gasteiger partial charge in [0, 0.05) is 27.7 Å². The Hall–Kier alpha value is -3.14. The van der Waals surface area contributed by atoms with Gasteiger partial charge in [-0.05, 0) is 17.7 Å². The number of methoxy groups -OCH3 is 1. The van der Waals surface area contributed by atoms with Crippen LogP contribution in [0, 0.1) is 0 Å². The largest absolute Gasteiger partial charge is 0.497 e. The van der Waals surface area contributed by atoms with Crippen LogP contribution < -0.4 is 4.74 Å². The maximum absolute atomic E-state index is 11.8. The Morgan fingerprint density at radius 3 is 1.77 bits per heavy atom. The number of esters is 4. The molecule has 0 bridgehead atoms. The van der Waals surface area contributed by atoms with Gasteiger partial charge >= 0.3 is 23.9 Å². The summed E-state index contributed by atoms with van der Waals surface area (Å²) in [7, 11) is 1.52. The molecule has 0 amide bonds. The summed E-state index contributed by atoms with van der Waals surface area (Å²) in [5, 5.41) is 0. The molecular formula is C21H26O10. The first-order valence-corrected chi connectivity index (χ1v) is 9.56. The van der Waals surface area contributed by atoms with E-state index >= 15 is 0 Å². The van der Waals surface area contributed by atoms with Crippen molar-refractivity contribution in [2.24, 2.45) is 0 Å². The van der Waals surface area contributed by atoms with E-state index in [1.807, 2.05) is 0 Å². The molecule has 1 saturated heterocycles. The van der Waals surface area contributed by atoms with E-state index in [4.69, 9.17) is 28.4 Å². The minimum Gasteiger partial charge on any atom is -0.497 e. The van der Waals surface area contributed by atoms with E-state index in [2.05, 4.69) is 0 Å². The summed E-state index contributed by atoms with van der Waals surface area (Å²) in [5.41, 5.74) is 0.582. The summed E-state index contributed by atoms with van der Waals surface area (Å²) in [5.74, 6) is -1.99. The maximum atomic E-state index is 11.8. The normalized spacial score (nSPS) is 25.1. The van der Waals surface area contributed by atoms with Gasteiger partial charge in [0.25, 0.3) is 0 Å². The van der Waals surface area contributed by atoms with Crippen molar-refractivity contribution in [3.63, 3.8) is 0 Å². The molecule has 0 aliphatic carbocycles. The number of rotatable bonds is 7. The number of ether oxygens (including phenoxy) is 6. The topological polar surface area (TPSA) is 124 Å². The third kappa shape index (κ3) is 6.68. The molecule has 1 aliphatic heterocycles. The lowest BCUT2D eigenvalue weighted by Gasteiger charge is -2.44. The number of hydrogen-bond donors (Lipinski definition) is 0. The third-order valence-corrected chi connectivity index (χ3v) is 4.44. The number of carbonyl (C=O) groups is 4. The molecule has 1 aliphatic rings. The lowest BCUT2D eigenvalue weighted by atomic mass is 9.90. The standard InChI is InChI=1S/C21H26O10/c1-11(22)27-10-17-19(28-12(2)23)21(30-14(4)25)20(29-13(3)24)18(31-17)15-6-8-16(26-5)9-7-15/h6-9,17-21H,10H2,1-5H3/t17-,18?,19-,20+,21+/m1/s1. The predicted molar refractivity (Wildman–Crippen MR) is 104 cm³/mol. The molecular weight excluding hydrogens is 412 g/mol. The van der Waals surface area contributed by atoms with Crippen LogP contribution in [-0.2, 0) is 42.9 Å². The molecule has 31 heavy (non-hydrogen) atoms. The average molecular weight is 438 g/mol. The quantitative estimate of drug-likeness (QED) is 0.457. The molecule has 0 spiro atoms. The molecule has 1 fully saturated rings. The molecule has 10 nitrogen and oxygen atoms in total. The smallest absolute Gasteiger partial charge is 0.303 e. The molecule has 5 atom stereocenters. The van der Waals surface area contributed by atoms with Gasteiger partial charge in [0.1, 0.15) is 24.6 Å². The van der Waals surface area contributed by atoms with E-state index < -0.39 is 54.4 Å². The van der Waals surface area contributed by atoms with Crippen LogP contribution in [0.1, 0.15) is 39.4 Å². The van der Waals surface area contributed by atoms with Crippen LogP contribution in [0.2, 0.25) is 0 Å². The molecule has 10 heteroatoms.